The van der Waals surface area contributed by atoms with Crippen molar-refractivity contribution in [2.75, 3.05) is 45.8 Å². The molecule has 176 valence electrons. The van der Waals surface area contributed by atoms with Gasteiger partial charge in [-0.15, -0.1) is 11.3 Å². The van der Waals surface area contributed by atoms with Gasteiger partial charge in [0.05, 0.1) is 23.7 Å². The summed E-state index contributed by atoms with van der Waals surface area (Å²) in [5.74, 6) is -0.0915. The Bertz CT molecular complexity index is 1130. The van der Waals surface area contributed by atoms with Gasteiger partial charge < -0.3 is 9.80 Å². The Balaban J connectivity index is 1.42. The fourth-order valence-electron chi connectivity index (χ4n) is 4.22. The van der Waals surface area contributed by atoms with Gasteiger partial charge in [0.2, 0.25) is 5.91 Å². The molecule has 33 heavy (non-hydrogen) atoms. The van der Waals surface area contributed by atoms with Crippen molar-refractivity contribution < 1.29 is 14.0 Å². The highest BCUT2D eigenvalue weighted by molar-refractivity contribution is 7.20. The number of benzene rings is 1. The molecule has 0 atom stereocenters. The summed E-state index contributed by atoms with van der Waals surface area (Å²) in [5, 5.41) is 5.59. The van der Waals surface area contributed by atoms with E-state index in [0.29, 0.717) is 44.1 Å². The SMILES string of the molecule is CCN(CC)C(=O)CN1CCN(C(=O)c2cc3c(C)nn(Cc4ccc(F)cc4)c3s2)CC1. The molecule has 0 spiro atoms. The Morgan fingerprint density at radius 1 is 1.09 bits per heavy atom. The summed E-state index contributed by atoms with van der Waals surface area (Å²) in [7, 11) is 0. The summed E-state index contributed by atoms with van der Waals surface area (Å²) in [6.45, 7) is 10.9. The van der Waals surface area contributed by atoms with E-state index in [1.54, 1.807) is 12.1 Å². The van der Waals surface area contributed by atoms with E-state index in [4.69, 9.17) is 0 Å². The molecule has 4 rings (SSSR count). The van der Waals surface area contributed by atoms with Crippen LogP contribution in [0.15, 0.2) is 30.3 Å². The average Bonchev–Trinajstić information content (AvgIpc) is 3.37. The van der Waals surface area contributed by atoms with E-state index in [9.17, 15) is 14.0 Å². The number of rotatable bonds is 7. The van der Waals surface area contributed by atoms with Gasteiger partial charge >= 0.3 is 0 Å². The molecule has 9 heteroatoms. The molecular weight excluding hydrogens is 441 g/mol. The molecule has 3 heterocycles. The Hall–Kier alpha value is -2.78. The van der Waals surface area contributed by atoms with Gasteiger partial charge in [-0.05, 0) is 44.5 Å². The van der Waals surface area contributed by atoms with Gasteiger partial charge in [-0.1, -0.05) is 12.1 Å². The number of fused-ring (bicyclic) bond motifs is 1. The third kappa shape index (κ3) is 5.09. The predicted octanol–water partition coefficient (Wildman–Crippen LogP) is 3.22. The molecule has 2 aromatic heterocycles. The smallest absolute Gasteiger partial charge is 0.264 e. The second kappa shape index (κ2) is 10.0. The maximum absolute atomic E-state index is 13.2. The molecule has 1 aromatic carbocycles. The Kier molecular flexibility index (Phi) is 7.09. The van der Waals surface area contributed by atoms with Crippen LogP contribution < -0.4 is 0 Å². The van der Waals surface area contributed by atoms with Gasteiger partial charge in [-0.2, -0.15) is 5.10 Å². The molecule has 0 saturated carbocycles. The maximum Gasteiger partial charge on any atom is 0.264 e. The fourth-order valence-corrected chi connectivity index (χ4v) is 5.35. The normalized spacial score (nSPS) is 14.7. The van der Waals surface area contributed by atoms with Gasteiger partial charge in [-0.3, -0.25) is 19.2 Å². The fraction of sp³-hybridized carbons (Fsp3) is 0.458. The van der Waals surface area contributed by atoms with Crippen LogP contribution in [0.3, 0.4) is 0 Å². The molecule has 1 aliphatic heterocycles. The zero-order valence-corrected chi connectivity index (χ0v) is 20.2. The number of hydrogen-bond acceptors (Lipinski definition) is 5. The molecule has 7 nitrogen and oxygen atoms in total. The number of aryl methyl sites for hydroxylation is 1. The number of carbonyl (C=O) groups excluding carboxylic acids is 2. The molecular formula is C24H30FN5O2S. The van der Waals surface area contributed by atoms with Crippen molar-refractivity contribution in [2.45, 2.75) is 27.3 Å². The lowest BCUT2D eigenvalue weighted by Gasteiger charge is -2.35. The lowest BCUT2D eigenvalue weighted by atomic mass is 10.2. The third-order valence-electron chi connectivity index (χ3n) is 6.20. The van der Waals surface area contributed by atoms with Crippen LogP contribution in [-0.4, -0.2) is 82.1 Å². The Labute approximate surface area is 197 Å². The van der Waals surface area contributed by atoms with Crippen LogP contribution in [0, 0.1) is 12.7 Å². The van der Waals surface area contributed by atoms with Gasteiger partial charge in [0.1, 0.15) is 10.6 Å². The zero-order chi connectivity index (χ0) is 23.5. The minimum absolute atomic E-state index is 0.0265. The number of carbonyl (C=O) groups is 2. The topological polar surface area (TPSA) is 61.7 Å². The molecule has 1 saturated heterocycles. The minimum Gasteiger partial charge on any atom is -0.342 e. The van der Waals surface area contributed by atoms with Crippen molar-refractivity contribution in [1.29, 1.82) is 0 Å². The van der Waals surface area contributed by atoms with E-state index < -0.39 is 0 Å². The number of piperazine rings is 1. The van der Waals surface area contributed by atoms with Crippen molar-refractivity contribution in [3.8, 4) is 0 Å². The van der Waals surface area contributed by atoms with E-state index in [1.807, 2.05) is 41.3 Å². The number of amides is 2. The molecule has 0 bridgehead atoms. The van der Waals surface area contributed by atoms with E-state index in [0.717, 1.165) is 34.6 Å². The number of aromatic nitrogens is 2. The molecule has 0 N–H and O–H groups in total. The molecule has 2 amide bonds. The predicted molar refractivity (Wildman–Crippen MR) is 128 cm³/mol. The molecule has 1 aliphatic rings. The average molecular weight is 472 g/mol. The number of halogens is 1. The Morgan fingerprint density at radius 2 is 1.76 bits per heavy atom. The first kappa shape index (κ1) is 23.4. The first-order valence-corrected chi connectivity index (χ1v) is 12.2. The van der Waals surface area contributed by atoms with Crippen LogP contribution in [0.25, 0.3) is 10.2 Å². The molecule has 0 radical (unpaired) electrons. The highest BCUT2D eigenvalue weighted by Crippen LogP contribution is 2.30. The maximum atomic E-state index is 13.2. The summed E-state index contributed by atoms with van der Waals surface area (Å²) in [6, 6.07) is 8.33. The van der Waals surface area contributed by atoms with Crippen LogP contribution in [0.1, 0.15) is 34.8 Å². The van der Waals surface area contributed by atoms with Gasteiger partial charge in [0.15, 0.2) is 0 Å². The number of likely N-dealkylation sites (N-methyl/N-ethyl adjacent to an activating group) is 1. The third-order valence-corrected chi connectivity index (χ3v) is 7.33. The number of hydrogen-bond donors (Lipinski definition) is 0. The minimum atomic E-state index is -0.262. The highest BCUT2D eigenvalue weighted by Gasteiger charge is 2.26. The highest BCUT2D eigenvalue weighted by atomic mass is 32.1. The molecule has 3 aromatic rings. The van der Waals surface area contributed by atoms with Gasteiger partial charge in [-0.25, -0.2) is 4.39 Å². The standard InChI is InChI=1S/C24H30FN5O2S/c1-4-28(5-2)22(31)16-27-10-12-29(13-11-27)23(32)21-14-20-17(3)26-30(24(20)33-21)15-18-6-8-19(25)9-7-18/h6-9,14H,4-5,10-13,15-16H2,1-3H3. The number of thiophene rings is 1. The first-order valence-electron chi connectivity index (χ1n) is 11.4. The van der Waals surface area contributed by atoms with E-state index in [2.05, 4.69) is 10.00 Å². The molecule has 0 unspecified atom stereocenters. The lowest BCUT2D eigenvalue weighted by Crippen LogP contribution is -2.51. The quantitative estimate of drug-likeness (QED) is 0.531. The van der Waals surface area contributed by atoms with E-state index in [-0.39, 0.29) is 17.6 Å². The van der Waals surface area contributed by atoms with Crippen molar-refractivity contribution in [2.24, 2.45) is 0 Å². The Morgan fingerprint density at radius 3 is 2.39 bits per heavy atom. The van der Waals surface area contributed by atoms with Crippen LogP contribution in [0.2, 0.25) is 0 Å². The second-order valence-electron chi connectivity index (χ2n) is 8.33. The van der Waals surface area contributed by atoms with Crippen LogP contribution in [0.5, 0.6) is 0 Å². The van der Waals surface area contributed by atoms with Crippen molar-refractivity contribution in [3.05, 3.63) is 52.3 Å². The van der Waals surface area contributed by atoms with Gasteiger partial charge in [0, 0.05) is 44.7 Å². The summed E-state index contributed by atoms with van der Waals surface area (Å²) in [4.78, 5) is 33.0. The second-order valence-corrected chi connectivity index (χ2v) is 9.36. The summed E-state index contributed by atoms with van der Waals surface area (Å²) in [6.07, 6.45) is 0. The summed E-state index contributed by atoms with van der Waals surface area (Å²) in [5.41, 5.74) is 1.83. The first-order chi connectivity index (χ1) is 15.9. The zero-order valence-electron chi connectivity index (χ0n) is 19.4. The summed E-state index contributed by atoms with van der Waals surface area (Å²) >= 11 is 1.45. The summed E-state index contributed by atoms with van der Waals surface area (Å²) < 4.78 is 15.1. The monoisotopic (exact) mass is 471 g/mol. The van der Waals surface area contributed by atoms with Crippen molar-refractivity contribution in [1.82, 2.24) is 24.5 Å². The van der Waals surface area contributed by atoms with Crippen molar-refractivity contribution >= 4 is 33.4 Å². The van der Waals surface area contributed by atoms with Crippen LogP contribution in [-0.2, 0) is 11.3 Å². The largest absolute Gasteiger partial charge is 0.342 e. The van der Waals surface area contributed by atoms with Crippen molar-refractivity contribution in [3.63, 3.8) is 0 Å². The molecule has 1 fully saturated rings. The van der Waals surface area contributed by atoms with E-state index >= 15 is 0 Å². The lowest BCUT2D eigenvalue weighted by molar-refractivity contribution is -0.132. The number of nitrogens with zero attached hydrogens (tertiary/aromatic N) is 5. The van der Waals surface area contributed by atoms with E-state index in [1.165, 1.54) is 23.5 Å². The van der Waals surface area contributed by atoms with Gasteiger partial charge in [0.25, 0.3) is 5.91 Å². The van der Waals surface area contributed by atoms with Crippen LogP contribution >= 0.6 is 11.3 Å². The molecule has 0 aliphatic carbocycles. The van der Waals surface area contributed by atoms with Crippen LogP contribution in [0.4, 0.5) is 4.39 Å².